The Bertz CT molecular complexity index is 1190. The van der Waals surface area contributed by atoms with E-state index >= 15 is 0 Å². The molecular formula is C20H16N6OS. The summed E-state index contributed by atoms with van der Waals surface area (Å²) in [5, 5.41) is 25.7. The van der Waals surface area contributed by atoms with Crippen molar-refractivity contribution in [2.75, 3.05) is 11.4 Å². The number of amides is 1. The minimum Gasteiger partial charge on any atom is -0.309 e. The lowest BCUT2D eigenvalue weighted by atomic mass is 9.75. The number of thiazole rings is 1. The topological polar surface area (TPSA) is 98.1 Å². The van der Waals surface area contributed by atoms with Crippen LogP contribution >= 0.6 is 11.3 Å². The molecule has 0 N–H and O–H groups in total. The molecule has 4 heterocycles. The summed E-state index contributed by atoms with van der Waals surface area (Å²) < 4.78 is 1.72. The van der Waals surface area contributed by atoms with Crippen LogP contribution in [0.1, 0.15) is 25.5 Å². The van der Waals surface area contributed by atoms with Gasteiger partial charge in [-0.3, -0.25) is 4.79 Å². The number of carbonyl (C=O) groups excluding carboxylic acids is 1. The molecule has 1 aliphatic carbocycles. The fraction of sp³-hybridized carbons (Fsp3) is 0.350. The van der Waals surface area contributed by atoms with E-state index in [-0.39, 0.29) is 17.7 Å². The highest BCUT2D eigenvalue weighted by Crippen LogP contribution is 2.54. The lowest BCUT2D eigenvalue weighted by molar-refractivity contribution is -0.124. The first-order valence-electron chi connectivity index (χ1n) is 9.15. The molecule has 0 radical (unpaired) electrons. The smallest absolute Gasteiger partial charge is 0.248 e. The lowest BCUT2D eigenvalue weighted by Crippen LogP contribution is -2.37. The zero-order valence-electron chi connectivity index (χ0n) is 15.2. The fourth-order valence-corrected chi connectivity index (χ4v) is 5.04. The molecule has 1 amide bonds. The largest absolute Gasteiger partial charge is 0.309 e. The maximum absolute atomic E-state index is 13.3. The van der Waals surface area contributed by atoms with Gasteiger partial charge in [0.25, 0.3) is 0 Å². The summed E-state index contributed by atoms with van der Waals surface area (Å²) in [6.45, 7) is 2.53. The summed E-state index contributed by atoms with van der Waals surface area (Å²) in [7, 11) is 0. The average molecular weight is 388 g/mol. The van der Waals surface area contributed by atoms with Crippen LogP contribution in [0.3, 0.4) is 0 Å². The molecule has 138 valence electrons. The van der Waals surface area contributed by atoms with Gasteiger partial charge in [0.2, 0.25) is 5.91 Å². The third-order valence-corrected chi connectivity index (χ3v) is 6.77. The Hall–Kier alpha value is -3.23. The number of fused-ring (bicyclic) bond motifs is 1. The van der Waals surface area contributed by atoms with Crippen LogP contribution in [0.5, 0.6) is 0 Å². The summed E-state index contributed by atoms with van der Waals surface area (Å²) in [6, 6.07) is 8.18. The SMILES string of the molecule is C[C@@H]1CN(c2ccnn3cc(-c4nc(C#N)cs4)cc23)C(=O)[C@]1(C#N)C1CC1. The quantitative estimate of drug-likeness (QED) is 0.686. The van der Waals surface area contributed by atoms with E-state index in [4.69, 9.17) is 5.26 Å². The molecule has 2 atom stereocenters. The standard InChI is InChI=1S/C20H16N6OS/c1-12-8-25(19(27)20(12,11-22)14-2-3-14)16-4-5-23-26-9-13(6-17(16)26)18-24-15(7-21)10-28-18/h4-6,9-10,12,14H,2-3,8H2,1H3/t12-,20+/m1/s1. The van der Waals surface area contributed by atoms with Crippen molar-refractivity contribution in [1.29, 1.82) is 10.5 Å². The monoisotopic (exact) mass is 388 g/mol. The Morgan fingerprint density at radius 1 is 1.36 bits per heavy atom. The number of hydrogen-bond donors (Lipinski definition) is 0. The first-order chi connectivity index (χ1) is 13.6. The number of anilines is 1. The van der Waals surface area contributed by atoms with Gasteiger partial charge in [-0.15, -0.1) is 11.3 Å². The predicted molar refractivity (Wildman–Crippen MR) is 103 cm³/mol. The molecule has 0 unspecified atom stereocenters. The molecule has 2 fully saturated rings. The Labute approximate surface area is 165 Å². The molecule has 8 heteroatoms. The van der Waals surface area contributed by atoms with E-state index in [0.29, 0.717) is 12.2 Å². The van der Waals surface area contributed by atoms with Crippen molar-refractivity contribution in [3.63, 3.8) is 0 Å². The molecule has 2 aliphatic rings. The maximum atomic E-state index is 13.3. The van der Waals surface area contributed by atoms with Crippen molar-refractivity contribution < 1.29 is 4.79 Å². The summed E-state index contributed by atoms with van der Waals surface area (Å²) in [6.07, 6.45) is 5.41. The van der Waals surface area contributed by atoms with Crippen molar-refractivity contribution in [2.45, 2.75) is 19.8 Å². The van der Waals surface area contributed by atoms with Crippen LogP contribution in [0.4, 0.5) is 5.69 Å². The Morgan fingerprint density at radius 2 is 2.18 bits per heavy atom. The molecular weight excluding hydrogens is 372 g/mol. The molecule has 7 nitrogen and oxygen atoms in total. The first kappa shape index (κ1) is 16.9. The molecule has 1 aliphatic heterocycles. The van der Waals surface area contributed by atoms with E-state index in [1.807, 2.05) is 31.3 Å². The van der Waals surface area contributed by atoms with E-state index in [1.54, 1.807) is 21.0 Å². The number of carbonyl (C=O) groups is 1. The minimum absolute atomic E-state index is 0.0164. The highest BCUT2D eigenvalue weighted by Gasteiger charge is 2.61. The molecule has 0 spiro atoms. The second-order valence-electron chi connectivity index (χ2n) is 7.50. The van der Waals surface area contributed by atoms with Gasteiger partial charge in [0.05, 0.1) is 17.3 Å². The van der Waals surface area contributed by atoms with Crippen molar-refractivity contribution >= 4 is 28.4 Å². The average Bonchev–Trinajstić information content (AvgIpc) is 3.18. The summed E-state index contributed by atoms with van der Waals surface area (Å²) in [5.74, 6) is 0.0593. The van der Waals surface area contributed by atoms with Crippen LogP contribution in [0, 0.1) is 39.9 Å². The number of hydrogen-bond acceptors (Lipinski definition) is 6. The molecule has 0 bridgehead atoms. The number of nitriles is 2. The van der Waals surface area contributed by atoms with Crippen LogP contribution < -0.4 is 4.90 Å². The van der Waals surface area contributed by atoms with Crippen molar-refractivity contribution in [3.05, 3.63) is 35.6 Å². The van der Waals surface area contributed by atoms with Gasteiger partial charge in [-0.2, -0.15) is 15.6 Å². The predicted octanol–water partition coefficient (Wildman–Crippen LogP) is 3.23. The van der Waals surface area contributed by atoms with Gasteiger partial charge >= 0.3 is 0 Å². The molecule has 3 aromatic rings. The molecule has 0 aromatic carbocycles. The van der Waals surface area contributed by atoms with E-state index in [1.165, 1.54) is 11.3 Å². The van der Waals surface area contributed by atoms with Gasteiger partial charge in [0, 0.05) is 35.8 Å². The maximum Gasteiger partial charge on any atom is 0.248 e. The van der Waals surface area contributed by atoms with Gasteiger partial charge < -0.3 is 4.90 Å². The van der Waals surface area contributed by atoms with Gasteiger partial charge in [-0.1, -0.05) is 6.92 Å². The zero-order valence-corrected chi connectivity index (χ0v) is 16.0. The summed E-state index contributed by atoms with van der Waals surface area (Å²) >= 11 is 1.40. The van der Waals surface area contributed by atoms with Gasteiger partial charge in [0.1, 0.15) is 16.5 Å². The molecule has 3 aromatic heterocycles. The second kappa shape index (κ2) is 5.88. The van der Waals surface area contributed by atoms with Crippen LogP contribution in [0.15, 0.2) is 29.9 Å². The molecule has 5 rings (SSSR count). The van der Waals surface area contributed by atoms with Crippen molar-refractivity contribution in [1.82, 2.24) is 14.6 Å². The fourth-order valence-electron chi connectivity index (χ4n) is 4.31. The Morgan fingerprint density at radius 3 is 2.86 bits per heavy atom. The van der Waals surface area contributed by atoms with Crippen LogP contribution in [-0.4, -0.2) is 27.0 Å². The van der Waals surface area contributed by atoms with E-state index in [0.717, 1.165) is 34.6 Å². The second-order valence-corrected chi connectivity index (χ2v) is 8.35. The van der Waals surface area contributed by atoms with Crippen molar-refractivity contribution in [2.24, 2.45) is 17.3 Å². The molecule has 28 heavy (non-hydrogen) atoms. The molecule has 1 saturated heterocycles. The van der Waals surface area contributed by atoms with Gasteiger partial charge in [-0.25, -0.2) is 9.50 Å². The van der Waals surface area contributed by atoms with Crippen molar-refractivity contribution in [3.8, 4) is 22.7 Å². The summed E-state index contributed by atoms with van der Waals surface area (Å²) in [4.78, 5) is 19.4. The molecule has 1 saturated carbocycles. The van der Waals surface area contributed by atoms with Crippen LogP contribution in [-0.2, 0) is 4.79 Å². The third kappa shape index (κ3) is 2.22. The number of aromatic nitrogens is 3. The van der Waals surface area contributed by atoms with Gasteiger partial charge in [0.15, 0.2) is 5.69 Å². The van der Waals surface area contributed by atoms with Crippen LogP contribution in [0.2, 0.25) is 0 Å². The highest BCUT2D eigenvalue weighted by atomic mass is 32.1. The minimum atomic E-state index is -0.910. The number of nitrogens with zero attached hydrogens (tertiary/aromatic N) is 6. The summed E-state index contributed by atoms with van der Waals surface area (Å²) in [5.41, 5.74) is 1.87. The van der Waals surface area contributed by atoms with E-state index < -0.39 is 5.41 Å². The first-order valence-corrected chi connectivity index (χ1v) is 10.0. The Balaban J connectivity index is 1.59. The zero-order chi connectivity index (χ0) is 19.5. The van der Waals surface area contributed by atoms with E-state index in [9.17, 15) is 10.1 Å². The highest BCUT2D eigenvalue weighted by molar-refractivity contribution is 7.13. The third-order valence-electron chi connectivity index (χ3n) is 5.88. The van der Waals surface area contributed by atoms with Gasteiger partial charge in [-0.05, 0) is 30.9 Å². The number of rotatable bonds is 3. The van der Waals surface area contributed by atoms with Crippen LogP contribution in [0.25, 0.3) is 16.1 Å². The lowest BCUT2D eigenvalue weighted by Gasteiger charge is -2.23. The van der Waals surface area contributed by atoms with E-state index in [2.05, 4.69) is 16.2 Å². The normalized spacial score (nSPS) is 24.5. The Kier molecular flexibility index (Phi) is 3.55.